The van der Waals surface area contributed by atoms with Gasteiger partial charge in [-0.2, -0.15) is 0 Å². The second kappa shape index (κ2) is 7.53. The minimum atomic E-state index is -0.317. The largest absolute Gasteiger partial charge is 0.369 e. The van der Waals surface area contributed by atoms with Gasteiger partial charge in [0.05, 0.1) is 5.69 Å². The van der Waals surface area contributed by atoms with Crippen molar-refractivity contribution in [3.05, 3.63) is 53.6 Å². The van der Waals surface area contributed by atoms with E-state index in [0.29, 0.717) is 0 Å². The van der Waals surface area contributed by atoms with E-state index < -0.39 is 0 Å². The monoisotopic (exact) mass is 362 g/mol. The summed E-state index contributed by atoms with van der Waals surface area (Å²) in [6.07, 6.45) is 1.77. The Morgan fingerprint density at radius 1 is 1.11 bits per heavy atom. The lowest BCUT2D eigenvalue weighted by molar-refractivity contribution is -0.115. The highest BCUT2D eigenvalue weighted by Gasteiger charge is 2.30. The van der Waals surface area contributed by atoms with Crippen LogP contribution in [0.25, 0.3) is 0 Å². The number of hydrogen-bond donors (Lipinski definition) is 1. The molecular weight excluding hydrogens is 336 g/mol. The molecule has 1 amide bonds. The normalized spacial score (nSPS) is 20.1. The predicted molar refractivity (Wildman–Crippen MR) is 111 cm³/mol. The first-order chi connectivity index (χ1) is 13.2. The number of benzene rings is 2. The van der Waals surface area contributed by atoms with Crippen LogP contribution in [0, 0.1) is 6.92 Å². The zero-order valence-corrected chi connectivity index (χ0v) is 16.0. The molecule has 0 bridgehead atoms. The summed E-state index contributed by atoms with van der Waals surface area (Å²) in [5.74, 6) is -0.323. The zero-order valence-electron chi connectivity index (χ0n) is 16.0. The van der Waals surface area contributed by atoms with Crippen molar-refractivity contribution in [1.29, 1.82) is 0 Å². The molecule has 1 saturated heterocycles. The molecular formula is C22H26N4O. The molecule has 2 aliphatic heterocycles. The van der Waals surface area contributed by atoms with Gasteiger partial charge in [-0.3, -0.25) is 9.79 Å². The fraction of sp³-hybridized carbons (Fsp3) is 0.364. The number of carbonyl (C=O) groups is 1. The Labute approximate surface area is 160 Å². The van der Waals surface area contributed by atoms with Crippen LogP contribution in [0.2, 0.25) is 0 Å². The van der Waals surface area contributed by atoms with Crippen LogP contribution in [0.4, 0.5) is 17.1 Å². The molecule has 1 fully saturated rings. The van der Waals surface area contributed by atoms with Gasteiger partial charge in [-0.25, -0.2) is 0 Å². The summed E-state index contributed by atoms with van der Waals surface area (Å²) < 4.78 is 0. The van der Waals surface area contributed by atoms with Gasteiger partial charge >= 0.3 is 0 Å². The van der Waals surface area contributed by atoms with Crippen LogP contribution in [0.1, 0.15) is 24.0 Å². The van der Waals surface area contributed by atoms with Crippen molar-refractivity contribution >= 4 is 29.2 Å². The number of hydrogen-bond acceptors (Lipinski definition) is 4. The van der Waals surface area contributed by atoms with Crippen LogP contribution < -0.4 is 10.2 Å². The van der Waals surface area contributed by atoms with Crippen molar-refractivity contribution in [2.24, 2.45) is 4.99 Å². The summed E-state index contributed by atoms with van der Waals surface area (Å²) in [6.45, 7) is 9.74. The van der Waals surface area contributed by atoms with E-state index in [1.165, 1.54) is 5.69 Å². The first kappa shape index (κ1) is 17.7. The van der Waals surface area contributed by atoms with Gasteiger partial charge in [-0.1, -0.05) is 19.1 Å². The number of aryl methyl sites for hydroxylation is 1. The van der Waals surface area contributed by atoms with E-state index in [4.69, 9.17) is 0 Å². The molecule has 0 aliphatic carbocycles. The van der Waals surface area contributed by atoms with Gasteiger partial charge in [0.25, 0.3) is 0 Å². The van der Waals surface area contributed by atoms with Gasteiger partial charge in [-0.15, -0.1) is 0 Å². The molecule has 4 rings (SSSR count). The van der Waals surface area contributed by atoms with E-state index in [9.17, 15) is 4.79 Å². The summed E-state index contributed by atoms with van der Waals surface area (Å²) in [6, 6.07) is 14.3. The molecule has 5 heteroatoms. The number of nitrogens with one attached hydrogen (secondary N) is 1. The Bertz CT molecular complexity index is 851. The molecule has 2 aliphatic rings. The molecule has 0 spiro atoms. The number of aliphatic imine (C=N–C) groups is 1. The molecule has 1 unspecified atom stereocenters. The number of amides is 1. The van der Waals surface area contributed by atoms with Crippen LogP contribution in [0.3, 0.4) is 0 Å². The summed E-state index contributed by atoms with van der Waals surface area (Å²) in [7, 11) is 0. The minimum Gasteiger partial charge on any atom is -0.369 e. The topological polar surface area (TPSA) is 47.9 Å². The van der Waals surface area contributed by atoms with Gasteiger partial charge in [-0.05, 0) is 54.9 Å². The average molecular weight is 362 g/mol. The maximum Gasteiger partial charge on any atom is 0.237 e. The third kappa shape index (κ3) is 3.60. The highest BCUT2D eigenvalue weighted by atomic mass is 16.2. The predicted octanol–water partition coefficient (Wildman–Crippen LogP) is 3.58. The fourth-order valence-electron chi connectivity index (χ4n) is 3.92. The molecule has 0 radical (unpaired) electrons. The number of fused-ring (bicyclic) bond motifs is 1. The number of nitrogens with zero attached hydrogens (tertiary/aromatic N) is 3. The van der Waals surface area contributed by atoms with E-state index in [1.54, 1.807) is 6.21 Å². The summed E-state index contributed by atoms with van der Waals surface area (Å²) >= 11 is 0. The number of carbonyl (C=O) groups excluding carboxylic acids is 1. The van der Waals surface area contributed by atoms with Crippen molar-refractivity contribution in [3.63, 3.8) is 0 Å². The summed E-state index contributed by atoms with van der Waals surface area (Å²) in [4.78, 5) is 21.8. The molecule has 2 heterocycles. The molecule has 2 aromatic rings. The number of likely N-dealkylation sites (N-methyl/N-ethyl adjacent to an activating group) is 1. The Morgan fingerprint density at radius 3 is 2.56 bits per heavy atom. The number of rotatable bonds is 4. The van der Waals surface area contributed by atoms with E-state index in [1.807, 2.05) is 37.3 Å². The smallest absolute Gasteiger partial charge is 0.237 e. The third-order valence-electron chi connectivity index (χ3n) is 5.58. The van der Waals surface area contributed by atoms with Gasteiger partial charge in [0.2, 0.25) is 5.91 Å². The Morgan fingerprint density at radius 2 is 1.85 bits per heavy atom. The number of anilines is 2. The minimum absolute atomic E-state index is 0.00605. The number of piperazine rings is 1. The van der Waals surface area contributed by atoms with E-state index in [0.717, 1.165) is 55.2 Å². The van der Waals surface area contributed by atoms with Gasteiger partial charge in [0, 0.05) is 43.8 Å². The van der Waals surface area contributed by atoms with Crippen LogP contribution >= 0.6 is 0 Å². The van der Waals surface area contributed by atoms with Gasteiger partial charge < -0.3 is 15.1 Å². The molecule has 1 atom stereocenters. The fourth-order valence-corrected chi connectivity index (χ4v) is 3.92. The summed E-state index contributed by atoms with van der Waals surface area (Å²) in [5, 5.41) is 2.94. The average Bonchev–Trinajstić information content (AvgIpc) is 3.03. The highest BCUT2D eigenvalue weighted by Crippen LogP contribution is 2.34. The quantitative estimate of drug-likeness (QED) is 0.846. The van der Waals surface area contributed by atoms with Crippen molar-refractivity contribution in [1.82, 2.24) is 4.90 Å². The van der Waals surface area contributed by atoms with Gasteiger partial charge in [0.15, 0.2) is 0 Å². The zero-order chi connectivity index (χ0) is 18.8. The van der Waals surface area contributed by atoms with E-state index >= 15 is 0 Å². The van der Waals surface area contributed by atoms with Crippen molar-refractivity contribution in [3.8, 4) is 0 Å². The maximum absolute atomic E-state index is 12.3. The highest BCUT2D eigenvalue weighted by molar-refractivity contribution is 6.13. The third-order valence-corrected chi connectivity index (χ3v) is 5.58. The molecule has 2 aromatic carbocycles. The van der Waals surface area contributed by atoms with Crippen LogP contribution in [0.5, 0.6) is 0 Å². The van der Waals surface area contributed by atoms with Crippen molar-refractivity contribution < 1.29 is 4.79 Å². The van der Waals surface area contributed by atoms with Gasteiger partial charge in [0.1, 0.15) is 5.92 Å². The van der Waals surface area contributed by atoms with Crippen molar-refractivity contribution in [2.45, 2.75) is 19.8 Å². The first-order valence-corrected chi connectivity index (χ1v) is 9.67. The SMILES string of the molecule is CCN1CCN(c2ccc(N=CC3C(=O)Nc4cccc(C)c43)cc2)CC1. The molecule has 140 valence electrons. The molecule has 5 nitrogen and oxygen atoms in total. The molecule has 0 aromatic heterocycles. The molecule has 1 N–H and O–H groups in total. The lowest BCUT2D eigenvalue weighted by Gasteiger charge is -2.35. The van der Waals surface area contributed by atoms with E-state index in [2.05, 4.69) is 39.2 Å². The van der Waals surface area contributed by atoms with Crippen LogP contribution in [-0.4, -0.2) is 49.7 Å². The lowest BCUT2D eigenvalue weighted by atomic mass is 9.97. The van der Waals surface area contributed by atoms with Crippen LogP contribution in [-0.2, 0) is 4.79 Å². The molecule has 0 saturated carbocycles. The Kier molecular flexibility index (Phi) is 4.94. The Hall–Kier alpha value is -2.66. The molecule has 27 heavy (non-hydrogen) atoms. The first-order valence-electron chi connectivity index (χ1n) is 9.67. The van der Waals surface area contributed by atoms with Crippen LogP contribution in [0.15, 0.2) is 47.5 Å². The second-order valence-corrected chi connectivity index (χ2v) is 7.22. The van der Waals surface area contributed by atoms with E-state index in [-0.39, 0.29) is 11.8 Å². The standard InChI is InChI=1S/C22H26N4O/c1-3-25-11-13-26(14-12-25)18-9-7-17(8-10-18)23-15-19-21-16(2)5-4-6-20(21)24-22(19)27/h4-10,15,19H,3,11-14H2,1-2H3,(H,24,27). The lowest BCUT2D eigenvalue weighted by Crippen LogP contribution is -2.46. The maximum atomic E-state index is 12.3. The second-order valence-electron chi connectivity index (χ2n) is 7.22. The Balaban J connectivity index is 1.46. The summed E-state index contributed by atoms with van der Waals surface area (Å²) in [5.41, 5.74) is 5.17. The van der Waals surface area contributed by atoms with Crippen molar-refractivity contribution in [2.75, 3.05) is 42.9 Å².